The van der Waals surface area contributed by atoms with Crippen molar-refractivity contribution in [3.05, 3.63) is 33.2 Å². The van der Waals surface area contributed by atoms with Crippen LogP contribution in [0.4, 0.5) is 0 Å². The second-order valence-electron chi connectivity index (χ2n) is 9.36. The van der Waals surface area contributed by atoms with E-state index in [4.69, 9.17) is 13.9 Å². The van der Waals surface area contributed by atoms with E-state index in [1.54, 1.807) is 7.11 Å². The number of ether oxygens (including phenoxy) is 2. The lowest BCUT2D eigenvalue weighted by molar-refractivity contribution is -0.122. The smallest absolute Gasteiger partial charge is 0.339 e. The number of nitrogens with one attached hydrogen (secondary N) is 1. The molecular weight excluding hydrogens is 410 g/mol. The van der Waals surface area contributed by atoms with Gasteiger partial charge in [0.15, 0.2) is 0 Å². The highest BCUT2D eigenvalue weighted by Crippen LogP contribution is 2.43. The molecule has 3 rings (SSSR count). The van der Waals surface area contributed by atoms with Gasteiger partial charge in [0.1, 0.15) is 22.7 Å². The van der Waals surface area contributed by atoms with E-state index in [-0.39, 0.29) is 42.9 Å². The van der Waals surface area contributed by atoms with E-state index in [1.165, 1.54) is 0 Å². The van der Waals surface area contributed by atoms with Gasteiger partial charge < -0.3 is 24.3 Å². The maximum atomic E-state index is 12.9. The van der Waals surface area contributed by atoms with Crippen LogP contribution in [0.1, 0.15) is 63.6 Å². The summed E-state index contributed by atoms with van der Waals surface area (Å²) in [6.45, 7) is 9.82. The fraction of sp³-hybridized carbons (Fsp3) is 0.600. The number of carbonyl (C=O) groups is 1. The SMILES string of the molecule is CC[C@H](C)[C@H](CO)NC(=O)CCc1c(C)c2c(OC)cc3c(c2oc1=O)CCC(C)(C)O3. The van der Waals surface area contributed by atoms with Crippen LogP contribution in [0.2, 0.25) is 0 Å². The van der Waals surface area contributed by atoms with E-state index in [2.05, 4.69) is 5.32 Å². The monoisotopic (exact) mass is 445 g/mol. The molecule has 7 nitrogen and oxygen atoms in total. The number of methoxy groups -OCH3 is 1. The number of aliphatic hydroxyl groups excluding tert-OH is 1. The van der Waals surface area contributed by atoms with Crippen LogP contribution in [-0.4, -0.2) is 36.4 Å². The zero-order valence-corrected chi connectivity index (χ0v) is 20.0. The molecule has 176 valence electrons. The van der Waals surface area contributed by atoms with Crippen LogP contribution in [0.3, 0.4) is 0 Å². The van der Waals surface area contributed by atoms with Crippen LogP contribution in [-0.2, 0) is 17.6 Å². The first kappa shape index (κ1) is 24.1. The minimum Gasteiger partial charge on any atom is -0.496 e. The Morgan fingerprint density at radius 2 is 2.09 bits per heavy atom. The molecular formula is C25H35NO6. The number of fused-ring (bicyclic) bond motifs is 3. The van der Waals surface area contributed by atoms with E-state index in [0.29, 0.717) is 22.6 Å². The van der Waals surface area contributed by atoms with Crippen molar-refractivity contribution < 1.29 is 23.8 Å². The number of aryl methyl sites for hydroxylation is 2. The summed E-state index contributed by atoms with van der Waals surface area (Å²) >= 11 is 0. The van der Waals surface area contributed by atoms with Crippen molar-refractivity contribution in [1.82, 2.24) is 5.32 Å². The third-order valence-corrected chi connectivity index (χ3v) is 6.64. The fourth-order valence-corrected chi connectivity index (χ4v) is 4.30. The zero-order valence-electron chi connectivity index (χ0n) is 20.0. The number of hydrogen-bond donors (Lipinski definition) is 2. The van der Waals surface area contributed by atoms with Crippen LogP contribution in [0.25, 0.3) is 11.0 Å². The molecule has 7 heteroatoms. The minimum atomic E-state index is -0.441. The maximum absolute atomic E-state index is 12.9. The first-order valence-electron chi connectivity index (χ1n) is 11.4. The average Bonchev–Trinajstić information content (AvgIpc) is 2.74. The van der Waals surface area contributed by atoms with Gasteiger partial charge in [0.25, 0.3) is 0 Å². The van der Waals surface area contributed by atoms with Crippen molar-refractivity contribution in [3.63, 3.8) is 0 Å². The number of rotatable bonds is 8. The van der Waals surface area contributed by atoms with Gasteiger partial charge in [-0.2, -0.15) is 0 Å². The Morgan fingerprint density at radius 1 is 1.38 bits per heavy atom. The molecule has 0 spiro atoms. The fourth-order valence-electron chi connectivity index (χ4n) is 4.30. The first-order valence-corrected chi connectivity index (χ1v) is 11.4. The predicted molar refractivity (Wildman–Crippen MR) is 124 cm³/mol. The van der Waals surface area contributed by atoms with Gasteiger partial charge >= 0.3 is 5.63 Å². The molecule has 0 aliphatic carbocycles. The van der Waals surface area contributed by atoms with E-state index >= 15 is 0 Å². The van der Waals surface area contributed by atoms with Crippen molar-refractivity contribution in [1.29, 1.82) is 0 Å². The Hall–Kier alpha value is -2.54. The van der Waals surface area contributed by atoms with Gasteiger partial charge in [-0.05, 0) is 51.5 Å². The number of aliphatic hydroxyl groups is 1. The Balaban J connectivity index is 1.93. The molecule has 0 unspecified atom stereocenters. The summed E-state index contributed by atoms with van der Waals surface area (Å²) < 4.78 is 17.5. The van der Waals surface area contributed by atoms with Crippen molar-refractivity contribution in [2.24, 2.45) is 5.92 Å². The van der Waals surface area contributed by atoms with Gasteiger partial charge in [-0.1, -0.05) is 20.3 Å². The van der Waals surface area contributed by atoms with E-state index in [9.17, 15) is 14.7 Å². The summed E-state index contributed by atoms with van der Waals surface area (Å²) in [5.41, 5.74) is 1.87. The van der Waals surface area contributed by atoms with Crippen molar-refractivity contribution >= 4 is 16.9 Å². The highest BCUT2D eigenvalue weighted by molar-refractivity contribution is 5.92. The second-order valence-corrected chi connectivity index (χ2v) is 9.36. The third kappa shape index (κ3) is 4.77. The molecule has 0 saturated carbocycles. The first-order chi connectivity index (χ1) is 15.1. The largest absolute Gasteiger partial charge is 0.496 e. The molecule has 2 aromatic rings. The molecule has 2 heterocycles. The van der Waals surface area contributed by atoms with Crippen LogP contribution in [0.5, 0.6) is 11.5 Å². The molecule has 0 fully saturated rings. The Morgan fingerprint density at radius 3 is 2.72 bits per heavy atom. The van der Waals surface area contributed by atoms with Crippen LogP contribution in [0, 0.1) is 12.8 Å². The second kappa shape index (κ2) is 9.53. The van der Waals surface area contributed by atoms with Gasteiger partial charge in [-0.3, -0.25) is 4.79 Å². The topological polar surface area (TPSA) is 98.0 Å². The summed E-state index contributed by atoms with van der Waals surface area (Å²) in [6.07, 6.45) is 2.79. The number of amides is 1. The standard InChI is InChI=1S/C25H35NO6/c1-7-14(2)18(13-27)26-21(28)9-8-16-15(3)22-20(30-6)12-19-17(23(22)31-24(16)29)10-11-25(4,5)32-19/h12,14,18,27H,7-11,13H2,1-6H3,(H,26,28)/t14-,18-/m0/s1. The lowest BCUT2D eigenvalue weighted by Gasteiger charge is -2.33. The molecule has 0 radical (unpaired) electrons. The van der Waals surface area contributed by atoms with Crippen molar-refractivity contribution in [2.45, 2.75) is 78.4 Å². The molecule has 1 aromatic carbocycles. The summed E-state index contributed by atoms with van der Waals surface area (Å²) in [4.78, 5) is 25.4. The van der Waals surface area contributed by atoms with Crippen LogP contribution >= 0.6 is 0 Å². The van der Waals surface area contributed by atoms with Gasteiger partial charge in [-0.15, -0.1) is 0 Å². The van der Waals surface area contributed by atoms with E-state index in [0.717, 1.165) is 35.8 Å². The molecule has 2 atom stereocenters. The van der Waals surface area contributed by atoms with Crippen molar-refractivity contribution in [2.75, 3.05) is 13.7 Å². The van der Waals surface area contributed by atoms with Gasteiger partial charge in [0.2, 0.25) is 5.91 Å². The summed E-state index contributed by atoms with van der Waals surface area (Å²) in [7, 11) is 1.58. The molecule has 0 bridgehead atoms. The normalized spacial score (nSPS) is 16.7. The highest BCUT2D eigenvalue weighted by Gasteiger charge is 2.31. The Kier molecular flexibility index (Phi) is 7.18. The number of benzene rings is 1. The zero-order chi connectivity index (χ0) is 23.6. The Labute approximate surface area is 189 Å². The molecule has 1 amide bonds. The van der Waals surface area contributed by atoms with Gasteiger partial charge in [0, 0.05) is 23.6 Å². The highest BCUT2D eigenvalue weighted by atomic mass is 16.5. The summed E-state index contributed by atoms with van der Waals surface area (Å²) in [5.74, 6) is 1.23. The van der Waals surface area contributed by atoms with E-state index < -0.39 is 5.63 Å². The molecule has 2 N–H and O–H groups in total. The number of hydrogen-bond acceptors (Lipinski definition) is 6. The predicted octanol–water partition coefficient (Wildman–Crippen LogP) is 3.67. The van der Waals surface area contributed by atoms with Gasteiger partial charge in [-0.25, -0.2) is 4.79 Å². The lowest BCUT2D eigenvalue weighted by Crippen LogP contribution is -2.42. The average molecular weight is 446 g/mol. The molecule has 1 aliphatic heterocycles. The molecule has 1 aliphatic rings. The molecule has 32 heavy (non-hydrogen) atoms. The summed E-state index contributed by atoms with van der Waals surface area (Å²) in [5, 5.41) is 13.2. The molecule has 0 saturated heterocycles. The van der Waals surface area contributed by atoms with Crippen LogP contribution in [0.15, 0.2) is 15.3 Å². The van der Waals surface area contributed by atoms with Crippen LogP contribution < -0.4 is 20.4 Å². The number of carbonyl (C=O) groups excluding carboxylic acids is 1. The van der Waals surface area contributed by atoms with Crippen molar-refractivity contribution in [3.8, 4) is 11.5 Å². The minimum absolute atomic E-state index is 0.112. The maximum Gasteiger partial charge on any atom is 0.339 e. The van der Waals surface area contributed by atoms with Gasteiger partial charge in [0.05, 0.1) is 25.1 Å². The quantitative estimate of drug-likeness (QED) is 0.602. The van der Waals surface area contributed by atoms with E-state index in [1.807, 2.05) is 40.7 Å². The molecule has 1 aromatic heterocycles. The lowest BCUT2D eigenvalue weighted by atomic mass is 9.91. The third-order valence-electron chi connectivity index (χ3n) is 6.64. The summed E-state index contributed by atoms with van der Waals surface area (Å²) in [6, 6.07) is 1.57. The Bertz CT molecular complexity index is 1050.